The Morgan fingerprint density at radius 3 is 2.53 bits per heavy atom. The Labute approximate surface area is 208 Å². The number of halogens is 1. The highest BCUT2D eigenvalue weighted by atomic mass is 79.9. The van der Waals surface area contributed by atoms with Crippen molar-refractivity contribution in [1.82, 2.24) is 14.8 Å². The molecule has 1 aliphatic carbocycles. The zero-order valence-corrected chi connectivity index (χ0v) is 21.3. The largest absolute Gasteiger partial charge is 0.340 e. The van der Waals surface area contributed by atoms with Crippen molar-refractivity contribution in [2.24, 2.45) is 0 Å². The molecule has 2 aliphatic rings. The maximum atomic E-state index is 12.9. The molecule has 0 spiro atoms. The SMILES string of the molecule is Cc1cc(C)c2c(c1)CCc1cc(Br)cnc1C2N1CCN(C(=O)Cc2cc[n+](O)cc2)CC1. The van der Waals surface area contributed by atoms with E-state index in [4.69, 9.17) is 4.98 Å². The monoisotopic (exact) mass is 521 g/mol. The van der Waals surface area contributed by atoms with Crippen molar-refractivity contribution >= 4 is 21.8 Å². The lowest BCUT2D eigenvalue weighted by Crippen LogP contribution is -2.50. The van der Waals surface area contributed by atoms with E-state index in [1.165, 1.54) is 27.8 Å². The third-order valence-electron chi connectivity index (χ3n) is 7.05. The summed E-state index contributed by atoms with van der Waals surface area (Å²) in [5.41, 5.74) is 8.79. The molecule has 1 fully saturated rings. The highest BCUT2D eigenvalue weighted by Gasteiger charge is 2.34. The molecule has 1 amide bonds. The first-order chi connectivity index (χ1) is 16.4. The number of aromatic nitrogens is 2. The van der Waals surface area contributed by atoms with E-state index in [1.54, 1.807) is 24.5 Å². The molecule has 2 aromatic heterocycles. The van der Waals surface area contributed by atoms with Crippen LogP contribution in [0, 0.1) is 13.8 Å². The molecule has 1 N–H and O–H groups in total. The van der Waals surface area contributed by atoms with Crippen LogP contribution in [0.15, 0.2) is 53.4 Å². The molecule has 3 aromatic rings. The molecule has 7 heteroatoms. The molecule has 6 nitrogen and oxygen atoms in total. The maximum absolute atomic E-state index is 12.9. The Balaban J connectivity index is 1.40. The van der Waals surface area contributed by atoms with Crippen LogP contribution >= 0.6 is 15.9 Å². The van der Waals surface area contributed by atoms with Crippen LogP contribution in [0.5, 0.6) is 0 Å². The zero-order valence-electron chi connectivity index (χ0n) is 19.7. The fourth-order valence-electron chi connectivity index (χ4n) is 5.45. The lowest BCUT2D eigenvalue weighted by Gasteiger charge is -2.40. The predicted molar refractivity (Wildman–Crippen MR) is 133 cm³/mol. The minimum atomic E-state index is 0.104. The quantitative estimate of drug-likeness (QED) is 0.422. The van der Waals surface area contributed by atoms with Crippen LogP contribution in [0.25, 0.3) is 0 Å². The van der Waals surface area contributed by atoms with Crippen molar-refractivity contribution in [3.63, 3.8) is 0 Å². The molecule has 1 aliphatic heterocycles. The normalized spacial score (nSPS) is 18.2. The summed E-state index contributed by atoms with van der Waals surface area (Å²) in [7, 11) is 0. The van der Waals surface area contributed by atoms with Gasteiger partial charge in [0.05, 0.1) is 18.2 Å². The van der Waals surface area contributed by atoms with Crippen molar-refractivity contribution in [2.45, 2.75) is 39.2 Å². The highest BCUT2D eigenvalue weighted by molar-refractivity contribution is 9.10. The van der Waals surface area contributed by atoms with E-state index in [2.05, 4.69) is 52.9 Å². The van der Waals surface area contributed by atoms with Crippen molar-refractivity contribution in [2.75, 3.05) is 26.2 Å². The number of hydrogen-bond acceptors (Lipinski definition) is 4. The molecule has 1 atom stereocenters. The Kier molecular flexibility index (Phi) is 6.40. The van der Waals surface area contributed by atoms with Crippen LogP contribution in [0.1, 0.15) is 45.1 Å². The summed E-state index contributed by atoms with van der Waals surface area (Å²) in [4.78, 5) is 22.3. The lowest BCUT2D eigenvalue weighted by molar-refractivity contribution is -0.904. The average molecular weight is 522 g/mol. The van der Waals surface area contributed by atoms with E-state index >= 15 is 0 Å². The molecule has 5 rings (SSSR count). The van der Waals surface area contributed by atoms with Crippen LogP contribution in [0.2, 0.25) is 0 Å². The first kappa shape index (κ1) is 23.0. The van der Waals surface area contributed by atoms with Gasteiger partial charge in [0.2, 0.25) is 18.3 Å². The van der Waals surface area contributed by atoms with Crippen molar-refractivity contribution < 1.29 is 14.7 Å². The maximum Gasteiger partial charge on any atom is 0.227 e. The van der Waals surface area contributed by atoms with Crippen LogP contribution in [-0.2, 0) is 24.1 Å². The van der Waals surface area contributed by atoms with Crippen LogP contribution in [-0.4, -0.2) is 52.1 Å². The van der Waals surface area contributed by atoms with Crippen LogP contribution in [0.4, 0.5) is 0 Å². The van der Waals surface area contributed by atoms with Crippen molar-refractivity contribution in [1.29, 1.82) is 0 Å². The standard InChI is InChI=1S/C27H30BrN4O2/c1-18-13-19(2)25-21(14-18)3-4-22-16-23(28)17-29-26(22)27(25)31-11-9-30(10-12-31)24(33)15-20-5-7-32(34)8-6-20/h5-8,13-14,16-17,27,34H,3-4,9-12,15H2,1-2H3/q+1. The van der Waals surface area contributed by atoms with Gasteiger partial charge < -0.3 is 4.90 Å². The number of pyridine rings is 2. The number of nitrogens with zero attached hydrogens (tertiary/aromatic N) is 4. The van der Waals surface area contributed by atoms with E-state index in [-0.39, 0.29) is 11.9 Å². The number of carbonyl (C=O) groups excluding carboxylic acids is 1. The summed E-state index contributed by atoms with van der Waals surface area (Å²) in [6, 6.07) is 10.5. The molecule has 0 radical (unpaired) electrons. The molecule has 176 valence electrons. The molecule has 3 heterocycles. The molecule has 34 heavy (non-hydrogen) atoms. The second kappa shape index (κ2) is 9.47. The van der Waals surface area contributed by atoms with E-state index in [1.807, 2.05) is 11.1 Å². The first-order valence-corrected chi connectivity index (χ1v) is 12.6. The van der Waals surface area contributed by atoms with Gasteiger partial charge in [-0.25, -0.2) is 0 Å². The van der Waals surface area contributed by atoms with Gasteiger partial charge in [-0.2, -0.15) is 0 Å². The van der Waals surface area contributed by atoms with Gasteiger partial charge >= 0.3 is 0 Å². The van der Waals surface area contributed by atoms with Crippen molar-refractivity contribution in [3.8, 4) is 0 Å². The number of piperazine rings is 1. The molecule has 1 unspecified atom stereocenters. The summed E-state index contributed by atoms with van der Waals surface area (Å²) in [5, 5.41) is 9.41. The first-order valence-electron chi connectivity index (χ1n) is 11.8. The summed E-state index contributed by atoms with van der Waals surface area (Å²) in [6.07, 6.45) is 7.37. The second-order valence-corrected chi connectivity index (χ2v) is 10.4. The van der Waals surface area contributed by atoms with Gasteiger partial charge in [-0.1, -0.05) is 17.7 Å². The van der Waals surface area contributed by atoms with Crippen LogP contribution < -0.4 is 4.73 Å². The van der Waals surface area contributed by atoms with Gasteiger partial charge in [0.25, 0.3) is 0 Å². The number of carbonyl (C=O) groups is 1. The van der Waals surface area contributed by atoms with Gasteiger partial charge in [-0.3, -0.25) is 19.9 Å². The van der Waals surface area contributed by atoms with E-state index < -0.39 is 0 Å². The topological polar surface area (TPSA) is 60.6 Å². The third-order valence-corrected chi connectivity index (χ3v) is 7.48. The third kappa shape index (κ3) is 4.59. The van der Waals surface area contributed by atoms with Gasteiger partial charge in [-0.05, 0) is 76.5 Å². The van der Waals surface area contributed by atoms with E-state index in [0.29, 0.717) is 19.5 Å². The number of fused-ring (bicyclic) bond motifs is 2. The Morgan fingerprint density at radius 2 is 1.79 bits per heavy atom. The molecule has 1 aromatic carbocycles. The summed E-state index contributed by atoms with van der Waals surface area (Å²) in [5.74, 6) is 0.130. The zero-order chi connectivity index (χ0) is 23.8. The molecule has 1 saturated heterocycles. The summed E-state index contributed by atoms with van der Waals surface area (Å²) >= 11 is 3.61. The average Bonchev–Trinajstić information content (AvgIpc) is 2.97. The Morgan fingerprint density at radius 1 is 1.09 bits per heavy atom. The van der Waals surface area contributed by atoms with E-state index in [0.717, 1.165) is 46.4 Å². The van der Waals surface area contributed by atoms with Crippen LogP contribution in [0.3, 0.4) is 0 Å². The number of benzene rings is 1. The number of amides is 1. The Hall–Kier alpha value is -2.77. The van der Waals surface area contributed by atoms with Gasteiger partial charge in [0.15, 0.2) is 0 Å². The fourth-order valence-corrected chi connectivity index (χ4v) is 5.83. The smallest absolute Gasteiger partial charge is 0.227 e. The van der Waals surface area contributed by atoms with Gasteiger partial charge in [0.1, 0.15) is 0 Å². The summed E-state index contributed by atoms with van der Waals surface area (Å²) < 4.78 is 2.01. The minimum Gasteiger partial charge on any atom is -0.340 e. The predicted octanol–water partition coefficient (Wildman–Crippen LogP) is 3.56. The van der Waals surface area contributed by atoms with Gasteiger partial charge in [-0.15, -0.1) is 0 Å². The summed E-state index contributed by atoms with van der Waals surface area (Å²) in [6.45, 7) is 7.42. The fraction of sp³-hybridized carbons (Fsp3) is 0.370. The molecular formula is C27H30BrN4O2+. The molecule has 0 bridgehead atoms. The molecule has 0 saturated carbocycles. The Bertz CT molecular complexity index is 1220. The minimum absolute atomic E-state index is 0.104. The highest BCUT2D eigenvalue weighted by Crippen LogP contribution is 2.39. The lowest BCUT2D eigenvalue weighted by atomic mass is 9.90. The number of hydrogen-bond donors (Lipinski definition) is 1. The molecular weight excluding hydrogens is 492 g/mol. The second-order valence-electron chi connectivity index (χ2n) is 9.43. The number of rotatable bonds is 3. The van der Waals surface area contributed by atoms with E-state index in [9.17, 15) is 10.0 Å². The van der Waals surface area contributed by atoms with Crippen molar-refractivity contribution in [3.05, 3.63) is 92.5 Å². The number of aryl methyl sites for hydroxylation is 4. The van der Waals surface area contributed by atoms with Gasteiger partial charge in [0, 0.05) is 53.7 Å².